The highest BCUT2D eigenvalue weighted by Gasteiger charge is 2.27. The molecule has 1 aliphatic rings. The lowest BCUT2D eigenvalue weighted by Crippen LogP contribution is -2.36. The van der Waals surface area contributed by atoms with E-state index in [9.17, 15) is 9.18 Å². The second-order valence-electron chi connectivity index (χ2n) is 7.23. The maximum atomic E-state index is 13.2. The number of amides is 1. The minimum Gasteiger partial charge on any atom is -0.493 e. The van der Waals surface area contributed by atoms with Gasteiger partial charge in [0, 0.05) is 24.1 Å². The van der Waals surface area contributed by atoms with Crippen molar-refractivity contribution >= 4 is 5.91 Å². The summed E-state index contributed by atoms with van der Waals surface area (Å²) in [6, 6.07) is 14.0. The second-order valence-corrected chi connectivity index (χ2v) is 7.23. The van der Waals surface area contributed by atoms with Crippen molar-refractivity contribution in [2.24, 2.45) is 0 Å². The van der Waals surface area contributed by atoms with Crippen molar-refractivity contribution < 1.29 is 18.4 Å². The summed E-state index contributed by atoms with van der Waals surface area (Å²) in [5, 5.41) is 4.15. The van der Waals surface area contributed by atoms with E-state index in [2.05, 4.69) is 5.16 Å². The molecule has 1 aliphatic heterocycles. The molecule has 0 saturated heterocycles. The number of ether oxygens (including phenoxy) is 1. The van der Waals surface area contributed by atoms with Gasteiger partial charge in [-0.1, -0.05) is 23.4 Å². The molecular formula is C23H23FN2O3. The number of aryl methyl sites for hydroxylation is 1. The normalized spacial score (nSPS) is 13.2. The van der Waals surface area contributed by atoms with Gasteiger partial charge in [0.1, 0.15) is 17.3 Å². The summed E-state index contributed by atoms with van der Waals surface area (Å²) in [4.78, 5) is 14.4. The first-order valence-corrected chi connectivity index (χ1v) is 9.81. The fraction of sp³-hybridized carbons (Fsp3) is 0.304. The molecule has 0 atom stereocenters. The molecule has 1 amide bonds. The predicted octanol–water partition coefficient (Wildman–Crippen LogP) is 4.53. The summed E-state index contributed by atoms with van der Waals surface area (Å²) in [7, 11) is 0. The Kier molecular flexibility index (Phi) is 5.60. The van der Waals surface area contributed by atoms with Crippen LogP contribution in [0.4, 0.5) is 4.39 Å². The number of para-hydroxylation sites is 1. The molecule has 3 aromatic rings. The summed E-state index contributed by atoms with van der Waals surface area (Å²) >= 11 is 0. The largest absolute Gasteiger partial charge is 0.493 e. The van der Waals surface area contributed by atoms with Gasteiger partial charge in [0.15, 0.2) is 5.76 Å². The fourth-order valence-corrected chi connectivity index (χ4v) is 3.55. The number of rotatable bonds is 6. The van der Waals surface area contributed by atoms with Crippen LogP contribution in [0.3, 0.4) is 0 Å². The van der Waals surface area contributed by atoms with E-state index in [-0.39, 0.29) is 11.7 Å². The highest BCUT2D eigenvalue weighted by atomic mass is 19.1. The van der Waals surface area contributed by atoms with Crippen LogP contribution in [-0.2, 0) is 17.8 Å². The van der Waals surface area contributed by atoms with E-state index < -0.39 is 0 Å². The lowest BCUT2D eigenvalue weighted by Gasteiger charge is -2.26. The standard InChI is InChI=1S/C23H23FN2O3/c1-16-5-2-3-6-21(16)28-14-4-7-22(27)26-13-12-19-20(15-26)25-29-23(19)17-8-10-18(24)11-9-17/h2-3,5-6,8-11H,4,7,12-15H2,1H3. The first-order chi connectivity index (χ1) is 14.1. The quantitative estimate of drug-likeness (QED) is 0.576. The van der Waals surface area contributed by atoms with Crippen LogP contribution in [0.1, 0.15) is 29.7 Å². The zero-order chi connectivity index (χ0) is 20.2. The molecule has 0 bridgehead atoms. The van der Waals surface area contributed by atoms with E-state index in [1.165, 1.54) is 12.1 Å². The zero-order valence-corrected chi connectivity index (χ0v) is 16.4. The summed E-state index contributed by atoms with van der Waals surface area (Å²) < 4.78 is 24.4. The van der Waals surface area contributed by atoms with Gasteiger partial charge in [-0.05, 0) is 55.7 Å². The van der Waals surface area contributed by atoms with Crippen molar-refractivity contribution in [3.8, 4) is 17.1 Å². The van der Waals surface area contributed by atoms with E-state index in [4.69, 9.17) is 9.26 Å². The third kappa shape index (κ3) is 4.31. The molecule has 6 heteroatoms. The van der Waals surface area contributed by atoms with Crippen molar-refractivity contribution in [2.75, 3.05) is 13.2 Å². The average Bonchev–Trinajstić information content (AvgIpc) is 3.16. The predicted molar refractivity (Wildman–Crippen MR) is 107 cm³/mol. The number of fused-ring (bicyclic) bond motifs is 1. The number of carbonyl (C=O) groups excluding carboxylic acids is 1. The second kappa shape index (κ2) is 8.47. The SMILES string of the molecule is Cc1ccccc1OCCCC(=O)N1CCc2c(noc2-c2ccc(F)cc2)C1. The molecule has 0 radical (unpaired) electrons. The molecule has 0 fully saturated rings. The molecule has 0 saturated carbocycles. The van der Waals surface area contributed by atoms with Gasteiger partial charge in [-0.15, -0.1) is 0 Å². The van der Waals surface area contributed by atoms with Crippen molar-refractivity contribution in [1.29, 1.82) is 0 Å². The Hall–Kier alpha value is -3.15. The van der Waals surface area contributed by atoms with Crippen LogP contribution in [0.5, 0.6) is 5.75 Å². The number of nitrogens with zero attached hydrogens (tertiary/aromatic N) is 2. The van der Waals surface area contributed by atoms with Gasteiger partial charge < -0.3 is 14.2 Å². The molecule has 2 aromatic carbocycles. The summed E-state index contributed by atoms with van der Waals surface area (Å²) in [6.45, 7) is 3.58. The van der Waals surface area contributed by atoms with Gasteiger partial charge in [0.25, 0.3) is 0 Å². The lowest BCUT2D eigenvalue weighted by atomic mass is 10.0. The Labute approximate surface area is 169 Å². The Morgan fingerprint density at radius 2 is 2.00 bits per heavy atom. The van der Waals surface area contributed by atoms with Crippen LogP contribution >= 0.6 is 0 Å². The maximum absolute atomic E-state index is 13.2. The van der Waals surface area contributed by atoms with Crippen LogP contribution in [0.15, 0.2) is 53.1 Å². The summed E-state index contributed by atoms with van der Waals surface area (Å²) in [5.74, 6) is 1.33. The van der Waals surface area contributed by atoms with Gasteiger partial charge in [-0.25, -0.2) is 4.39 Å². The van der Waals surface area contributed by atoms with Crippen molar-refractivity contribution in [1.82, 2.24) is 10.1 Å². The van der Waals surface area contributed by atoms with Crippen molar-refractivity contribution in [3.63, 3.8) is 0 Å². The molecule has 2 heterocycles. The third-order valence-corrected chi connectivity index (χ3v) is 5.19. The molecule has 0 spiro atoms. The van der Waals surface area contributed by atoms with Gasteiger partial charge in [0.05, 0.1) is 13.2 Å². The van der Waals surface area contributed by atoms with E-state index in [1.54, 1.807) is 12.1 Å². The molecule has 0 unspecified atom stereocenters. The van der Waals surface area contributed by atoms with E-state index in [1.807, 2.05) is 36.1 Å². The number of carbonyl (C=O) groups is 1. The smallest absolute Gasteiger partial charge is 0.223 e. The van der Waals surface area contributed by atoms with Gasteiger partial charge in [-0.2, -0.15) is 0 Å². The number of hydrogen-bond acceptors (Lipinski definition) is 4. The lowest BCUT2D eigenvalue weighted by molar-refractivity contribution is -0.132. The van der Waals surface area contributed by atoms with Crippen LogP contribution in [0, 0.1) is 12.7 Å². The van der Waals surface area contributed by atoms with Crippen LogP contribution < -0.4 is 4.74 Å². The maximum Gasteiger partial charge on any atom is 0.223 e. The molecule has 150 valence electrons. The Morgan fingerprint density at radius 3 is 2.79 bits per heavy atom. The number of benzene rings is 2. The van der Waals surface area contributed by atoms with E-state index in [0.29, 0.717) is 44.7 Å². The summed E-state index contributed by atoms with van der Waals surface area (Å²) in [6.07, 6.45) is 1.77. The minimum absolute atomic E-state index is 0.0929. The molecule has 4 rings (SSSR count). The van der Waals surface area contributed by atoms with Crippen LogP contribution in [-0.4, -0.2) is 29.1 Å². The molecule has 1 aromatic heterocycles. The highest BCUT2D eigenvalue weighted by Crippen LogP contribution is 2.30. The molecule has 5 nitrogen and oxygen atoms in total. The van der Waals surface area contributed by atoms with Crippen molar-refractivity contribution in [3.05, 3.63) is 71.2 Å². The first kappa shape index (κ1) is 19.2. The minimum atomic E-state index is -0.287. The number of halogens is 1. The monoisotopic (exact) mass is 394 g/mol. The third-order valence-electron chi connectivity index (χ3n) is 5.19. The van der Waals surface area contributed by atoms with Crippen molar-refractivity contribution in [2.45, 2.75) is 32.7 Å². The highest BCUT2D eigenvalue weighted by molar-refractivity contribution is 5.76. The number of aromatic nitrogens is 1. The number of hydrogen-bond donors (Lipinski definition) is 0. The Bertz CT molecular complexity index is 998. The molecule has 0 N–H and O–H groups in total. The Morgan fingerprint density at radius 1 is 1.21 bits per heavy atom. The zero-order valence-electron chi connectivity index (χ0n) is 16.4. The molecule has 29 heavy (non-hydrogen) atoms. The molecule has 0 aliphatic carbocycles. The van der Waals surface area contributed by atoms with Gasteiger partial charge in [-0.3, -0.25) is 4.79 Å². The van der Waals surface area contributed by atoms with Gasteiger partial charge in [0.2, 0.25) is 5.91 Å². The topological polar surface area (TPSA) is 55.6 Å². The van der Waals surface area contributed by atoms with E-state index >= 15 is 0 Å². The fourth-order valence-electron chi connectivity index (χ4n) is 3.55. The van der Waals surface area contributed by atoms with Crippen LogP contribution in [0.25, 0.3) is 11.3 Å². The average molecular weight is 394 g/mol. The van der Waals surface area contributed by atoms with E-state index in [0.717, 1.165) is 28.1 Å². The summed E-state index contributed by atoms with van der Waals surface area (Å²) in [5.41, 5.74) is 3.67. The van der Waals surface area contributed by atoms with Gasteiger partial charge >= 0.3 is 0 Å². The van der Waals surface area contributed by atoms with Crippen LogP contribution in [0.2, 0.25) is 0 Å². The first-order valence-electron chi connectivity index (χ1n) is 9.81. The molecular weight excluding hydrogens is 371 g/mol. The Balaban J connectivity index is 1.31.